The Morgan fingerprint density at radius 3 is 1.37 bits per heavy atom. The first-order chi connectivity index (χ1) is 18.1. The normalized spacial score (nSPS) is 12.7. The molecule has 0 aliphatic rings. The van der Waals surface area contributed by atoms with Crippen molar-refractivity contribution in [1.29, 1.82) is 0 Å². The van der Waals surface area contributed by atoms with Crippen molar-refractivity contribution in [3.05, 3.63) is 95.1 Å². The number of aromatic hydroxyl groups is 8. The predicted molar refractivity (Wildman–Crippen MR) is 141 cm³/mol. The van der Waals surface area contributed by atoms with Gasteiger partial charge in [-0.15, -0.1) is 0 Å². The molecule has 2 atom stereocenters. The Morgan fingerprint density at radius 2 is 0.895 bits per heavy atom. The average molecular weight is 519 g/mol. The highest BCUT2D eigenvalue weighted by Gasteiger charge is 2.26. The molecule has 8 N–H and O–H groups in total. The molecule has 0 saturated carbocycles. The first-order valence-corrected chi connectivity index (χ1v) is 12.1. The zero-order valence-corrected chi connectivity index (χ0v) is 20.5. The third-order valence-corrected chi connectivity index (χ3v) is 6.84. The van der Waals surface area contributed by atoms with Gasteiger partial charge in [-0.25, -0.2) is 0 Å². The van der Waals surface area contributed by atoms with E-state index in [1.165, 1.54) is 24.3 Å². The van der Waals surface area contributed by atoms with E-state index in [4.69, 9.17) is 0 Å². The van der Waals surface area contributed by atoms with Crippen LogP contribution in [0.1, 0.15) is 34.6 Å². The van der Waals surface area contributed by atoms with Crippen molar-refractivity contribution < 1.29 is 40.9 Å². The van der Waals surface area contributed by atoms with E-state index in [0.29, 0.717) is 36.8 Å². The van der Waals surface area contributed by atoms with Gasteiger partial charge in [0.15, 0.2) is 34.5 Å². The van der Waals surface area contributed by atoms with Gasteiger partial charge in [0.1, 0.15) is 11.5 Å². The van der Waals surface area contributed by atoms with Gasteiger partial charge in [0, 0.05) is 0 Å². The van der Waals surface area contributed by atoms with Crippen molar-refractivity contribution in [3.8, 4) is 46.0 Å². The number of aryl methyl sites for hydroxylation is 1. The van der Waals surface area contributed by atoms with E-state index in [1.807, 2.05) is 12.1 Å². The van der Waals surface area contributed by atoms with Crippen molar-refractivity contribution in [2.75, 3.05) is 0 Å². The fourth-order valence-electron chi connectivity index (χ4n) is 4.85. The molecule has 0 aliphatic heterocycles. The number of rotatable bonds is 9. The lowest BCUT2D eigenvalue weighted by atomic mass is 9.75. The zero-order valence-electron chi connectivity index (χ0n) is 20.5. The summed E-state index contributed by atoms with van der Waals surface area (Å²) in [6, 6.07) is 19.2. The highest BCUT2D eigenvalue weighted by Crippen LogP contribution is 2.42. The van der Waals surface area contributed by atoms with Gasteiger partial charge in [-0.3, -0.25) is 0 Å². The van der Waals surface area contributed by atoms with Crippen LogP contribution in [0.5, 0.6) is 46.0 Å². The second-order valence-electron chi connectivity index (χ2n) is 9.54. The highest BCUT2D eigenvalue weighted by atomic mass is 16.3. The maximum Gasteiger partial charge on any atom is 0.200 e. The molecular weight excluding hydrogens is 488 g/mol. The molecule has 0 aliphatic carbocycles. The number of benzene rings is 4. The lowest BCUT2D eigenvalue weighted by Crippen LogP contribution is -2.19. The molecule has 0 amide bonds. The molecule has 38 heavy (non-hydrogen) atoms. The summed E-state index contributed by atoms with van der Waals surface area (Å²) in [5, 5.41) is 79.5. The number of phenols is 8. The van der Waals surface area contributed by atoms with Gasteiger partial charge in [0.2, 0.25) is 0 Å². The largest absolute Gasteiger partial charge is 0.508 e. The molecule has 8 heteroatoms. The van der Waals surface area contributed by atoms with Gasteiger partial charge in [-0.2, -0.15) is 0 Å². The monoisotopic (exact) mass is 518 g/mol. The molecule has 4 rings (SSSR count). The molecule has 0 heterocycles. The molecule has 8 nitrogen and oxygen atoms in total. The van der Waals surface area contributed by atoms with Gasteiger partial charge in [-0.1, -0.05) is 24.3 Å². The van der Waals surface area contributed by atoms with Gasteiger partial charge < -0.3 is 40.9 Å². The van der Waals surface area contributed by atoms with E-state index in [9.17, 15) is 40.9 Å². The zero-order chi connectivity index (χ0) is 27.4. The molecule has 0 fully saturated rings. The Hall–Kier alpha value is -4.72. The summed E-state index contributed by atoms with van der Waals surface area (Å²) in [5.41, 5.74) is 3.03. The maximum absolute atomic E-state index is 10.1. The summed E-state index contributed by atoms with van der Waals surface area (Å²) >= 11 is 0. The number of hydrogen-bond donors (Lipinski definition) is 8. The molecule has 0 spiro atoms. The second kappa shape index (κ2) is 11.1. The fourth-order valence-corrected chi connectivity index (χ4v) is 4.85. The smallest absolute Gasteiger partial charge is 0.200 e. The van der Waals surface area contributed by atoms with Crippen molar-refractivity contribution in [2.24, 2.45) is 5.92 Å². The van der Waals surface area contributed by atoms with Crippen molar-refractivity contribution in [2.45, 2.75) is 31.6 Å². The Morgan fingerprint density at radius 1 is 0.474 bits per heavy atom. The summed E-state index contributed by atoms with van der Waals surface area (Å²) < 4.78 is 0. The van der Waals surface area contributed by atoms with Crippen LogP contribution in [0.3, 0.4) is 0 Å². The van der Waals surface area contributed by atoms with E-state index in [2.05, 4.69) is 0 Å². The van der Waals surface area contributed by atoms with E-state index in [0.717, 1.165) is 11.1 Å². The summed E-state index contributed by atoms with van der Waals surface area (Å²) in [7, 11) is 0. The summed E-state index contributed by atoms with van der Waals surface area (Å²) in [6.45, 7) is 0. The fraction of sp³-hybridized carbons (Fsp3) is 0.200. The molecule has 0 aromatic heterocycles. The lowest BCUT2D eigenvalue weighted by molar-refractivity contribution is 0.359. The van der Waals surface area contributed by atoms with Crippen LogP contribution in [0.25, 0.3) is 0 Å². The van der Waals surface area contributed by atoms with E-state index >= 15 is 0 Å². The van der Waals surface area contributed by atoms with Gasteiger partial charge in [-0.05, 0) is 108 Å². The van der Waals surface area contributed by atoms with E-state index in [-0.39, 0.29) is 23.3 Å². The van der Waals surface area contributed by atoms with Crippen LogP contribution in [-0.2, 0) is 19.3 Å². The molecular formula is C30H30O8. The summed E-state index contributed by atoms with van der Waals surface area (Å²) in [4.78, 5) is 0. The van der Waals surface area contributed by atoms with Crippen molar-refractivity contribution >= 4 is 0 Å². The third-order valence-electron chi connectivity index (χ3n) is 6.84. The summed E-state index contributed by atoms with van der Waals surface area (Å²) in [5.74, 6) is -3.07. The van der Waals surface area contributed by atoms with Crippen LogP contribution in [0.2, 0.25) is 0 Å². The second-order valence-corrected chi connectivity index (χ2v) is 9.54. The van der Waals surface area contributed by atoms with Crippen LogP contribution < -0.4 is 0 Å². The van der Waals surface area contributed by atoms with Crippen molar-refractivity contribution in [3.63, 3.8) is 0 Å². The van der Waals surface area contributed by atoms with Crippen LogP contribution >= 0.6 is 0 Å². The summed E-state index contributed by atoms with van der Waals surface area (Å²) in [6.07, 6.45) is 2.01. The Balaban J connectivity index is 1.74. The average Bonchev–Trinajstić information content (AvgIpc) is 2.88. The predicted octanol–water partition coefficient (Wildman–Crippen LogP) is 5.15. The minimum atomic E-state index is -0.603. The van der Waals surface area contributed by atoms with Crippen LogP contribution in [-0.4, -0.2) is 40.9 Å². The van der Waals surface area contributed by atoms with Crippen LogP contribution in [0, 0.1) is 5.92 Å². The molecule has 0 saturated heterocycles. The molecule has 198 valence electrons. The minimum Gasteiger partial charge on any atom is -0.508 e. The van der Waals surface area contributed by atoms with Crippen molar-refractivity contribution in [1.82, 2.24) is 0 Å². The SMILES string of the molecule is Oc1ccc(CC[C@H](Cc2cc(O)c(O)c(O)c2)[C@@H](Cc2cc(O)c(O)c(O)c2)c2ccc(O)cc2)cc1. The van der Waals surface area contributed by atoms with Crippen LogP contribution in [0.15, 0.2) is 72.8 Å². The molecule has 0 radical (unpaired) electrons. The maximum atomic E-state index is 10.1. The molecule has 4 aromatic carbocycles. The molecule has 0 bridgehead atoms. The first kappa shape index (κ1) is 26.3. The van der Waals surface area contributed by atoms with Gasteiger partial charge in [0.25, 0.3) is 0 Å². The number of hydrogen-bond acceptors (Lipinski definition) is 8. The Labute approximate surface area is 219 Å². The topological polar surface area (TPSA) is 162 Å². The molecule has 0 unspecified atom stereocenters. The van der Waals surface area contributed by atoms with E-state index in [1.54, 1.807) is 36.4 Å². The quantitative estimate of drug-likeness (QED) is 0.141. The van der Waals surface area contributed by atoms with Gasteiger partial charge >= 0.3 is 0 Å². The minimum absolute atomic E-state index is 0.0986. The number of phenolic OH excluding ortho intramolecular Hbond substituents is 8. The van der Waals surface area contributed by atoms with Crippen LogP contribution in [0.4, 0.5) is 0 Å². The molecule has 4 aromatic rings. The third kappa shape index (κ3) is 6.15. The standard InChI is InChI=1S/C30H30O8/c31-22-7-2-17(3-8-22)1-4-21(11-18-13-25(33)29(37)26(34)14-18)24(20-5-9-23(32)10-6-20)12-19-15-27(35)30(38)28(36)16-19/h2-3,5-10,13-16,21,24,31-38H,1,4,11-12H2/t21-,24+/m1/s1. The lowest BCUT2D eigenvalue weighted by Gasteiger charge is -2.29. The highest BCUT2D eigenvalue weighted by molar-refractivity contribution is 5.52. The van der Waals surface area contributed by atoms with Gasteiger partial charge in [0.05, 0.1) is 0 Å². The Kier molecular flexibility index (Phi) is 7.71. The Bertz CT molecular complexity index is 1350. The van der Waals surface area contributed by atoms with E-state index < -0.39 is 34.5 Å². The first-order valence-electron chi connectivity index (χ1n) is 12.1.